The van der Waals surface area contributed by atoms with Crippen LogP contribution < -0.4 is 10.9 Å². The zero-order chi connectivity index (χ0) is 18.7. The lowest BCUT2D eigenvalue weighted by molar-refractivity contribution is -0.131. The Hall–Kier alpha value is -2.63. The summed E-state index contributed by atoms with van der Waals surface area (Å²) in [4.78, 5) is 37.6. The summed E-state index contributed by atoms with van der Waals surface area (Å²) in [5.74, 6) is 0.0161. The van der Waals surface area contributed by atoms with Gasteiger partial charge in [0.05, 0.1) is 0 Å². The average molecular weight is 356 g/mol. The van der Waals surface area contributed by atoms with Crippen LogP contribution in [0.15, 0.2) is 27.4 Å². The van der Waals surface area contributed by atoms with Crippen LogP contribution in [0.2, 0.25) is 0 Å². The second-order valence-corrected chi connectivity index (χ2v) is 6.90. The summed E-state index contributed by atoms with van der Waals surface area (Å²) in [6.07, 6.45) is 3.86. The van der Waals surface area contributed by atoms with E-state index in [0.717, 1.165) is 42.3 Å². The van der Waals surface area contributed by atoms with Crippen LogP contribution in [0, 0.1) is 13.8 Å². The van der Waals surface area contributed by atoms with E-state index in [9.17, 15) is 14.4 Å². The molecule has 0 saturated carbocycles. The fourth-order valence-electron chi connectivity index (χ4n) is 3.33. The van der Waals surface area contributed by atoms with Gasteiger partial charge in [-0.2, -0.15) is 0 Å². The van der Waals surface area contributed by atoms with Crippen LogP contribution in [0.5, 0.6) is 0 Å². The molecule has 1 aromatic heterocycles. The Balaban J connectivity index is 1.70. The van der Waals surface area contributed by atoms with Crippen molar-refractivity contribution in [3.05, 3.63) is 39.7 Å². The number of aryl methyl sites for hydroxylation is 2. The molecule has 0 radical (unpaired) electrons. The molecule has 2 amide bonds. The molecule has 26 heavy (non-hydrogen) atoms. The number of hydrogen-bond donors (Lipinski definition) is 1. The lowest BCUT2D eigenvalue weighted by Gasteiger charge is -2.20. The molecule has 0 aliphatic carbocycles. The van der Waals surface area contributed by atoms with E-state index >= 15 is 0 Å². The maximum absolute atomic E-state index is 12.4. The van der Waals surface area contributed by atoms with Crippen molar-refractivity contribution in [3.8, 4) is 0 Å². The predicted octanol–water partition coefficient (Wildman–Crippen LogP) is 3.14. The number of amides is 2. The third-order valence-corrected chi connectivity index (χ3v) is 4.85. The Bertz CT molecular complexity index is 901. The van der Waals surface area contributed by atoms with Gasteiger partial charge in [-0.15, -0.1) is 0 Å². The molecule has 1 aliphatic heterocycles. The zero-order valence-electron chi connectivity index (χ0n) is 15.3. The normalized spacial score (nSPS) is 15.2. The van der Waals surface area contributed by atoms with Crippen LogP contribution in [-0.2, 0) is 9.59 Å². The number of fused-ring (bicyclic) bond motifs is 1. The SMILES string of the molecule is Cc1cc2oc(=O)cc(C)c2cc1NC(=O)CCN1CCCCCC1=O. The number of benzene rings is 1. The molecule has 1 aromatic carbocycles. The van der Waals surface area contributed by atoms with Crippen molar-refractivity contribution < 1.29 is 14.0 Å². The Morgan fingerprint density at radius 3 is 2.73 bits per heavy atom. The Morgan fingerprint density at radius 1 is 1.12 bits per heavy atom. The minimum atomic E-state index is -0.381. The second kappa shape index (κ2) is 7.72. The van der Waals surface area contributed by atoms with Crippen molar-refractivity contribution >= 4 is 28.5 Å². The van der Waals surface area contributed by atoms with Gasteiger partial charge in [0.15, 0.2) is 0 Å². The monoisotopic (exact) mass is 356 g/mol. The highest BCUT2D eigenvalue weighted by molar-refractivity contribution is 5.95. The molecule has 1 saturated heterocycles. The number of anilines is 1. The molecule has 6 nitrogen and oxygen atoms in total. The van der Waals surface area contributed by atoms with E-state index in [0.29, 0.717) is 24.2 Å². The highest BCUT2D eigenvalue weighted by Gasteiger charge is 2.17. The van der Waals surface area contributed by atoms with Crippen LogP contribution in [-0.4, -0.2) is 29.8 Å². The molecule has 1 fully saturated rings. The topological polar surface area (TPSA) is 79.6 Å². The van der Waals surface area contributed by atoms with Crippen molar-refractivity contribution in [1.82, 2.24) is 4.90 Å². The van der Waals surface area contributed by atoms with E-state index in [2.05, 4.69) is 5.32 Å². The van der Waals surface area contributed by atoms with Gasteiger partial charge in [-0.1, -0.05) is 6.42 Å². The van der Waals surface area contributed by atoms with Crippen LogP contribution in [0.1, 0.15) is 43.2 Å². The number of carbonyl (C=O) groups is 2. The molecule has 2 heterocycles. The summed E-state index contributed by atoms with van der Waals surface area (Å²) in [7, 11) is 0. The lowest BCUT2D eigenvalue weighted by atomic mass is 10.1. The Morgan fingerprint density at radius 2 is 1.92 bits per heavy atom. The van der Waals surface area contributed by atoms with Gasteiger partial charge in [0.25, 0.3) is 0 Å². The molecule has 0 bridgehead atoms. The Kier molecular flexibility index (Phi) is 5.40. The standard InChI is InChI=1S/C20H24N2O4/c1-13-11-20(25)26-17-10-14(2)16(12-15(13)17)21-18(23)7-9-22-8-5-3-4-6-19(22)24/h10-12H,3-9H2,1-2H3,(H,21,23). The molecule has 1 N–H and O–H groups in total. The van der Waals surface area contributed by atoms with Gasteiger partial charge in [0, 0.05) is 43.1 Å². The average Bonchev–Trinajstić information content (AvgIpc) is 2.78. The van der Waals surface area contributed by atoms with Gasteiger partial charge >= 0.3 is 5.63 Å². The quantitative estimate of drug-likeness (QED) is 0.854. The molecule has 138 valence electrons. The van der Waals surface area contributed by atoms with Gasteiger partial charge in [-0.25, -0.2) is 4.79 Å². The van der Waals surface area contributed by atoms with Crippen molar-refractivity contribution in [3.63, 3.8) is 0 Å². The van der Waals surface area contributed by atoms with E-state index in [-0.39, 0.29) is 23.9 Å². The van der Waals surface area contributed by atoms with E-state index in [4.69, 9.17) is 4.42 Å². The van der Waals surface area contributed by atoms with Crippen LogP contribution >= 0.6 is 0 Å². The van der Waals surface area contributed by atoms with Crippen molar-refractivity contribution in [2.45, 2.75) is 46.0 Å². The third kappa shape index (κ3) is 4.12. The van der Waals surface area contributed by atoms with Gasteiger partial charge in [0.2, 0.25) is 11.8 Å². The summed E-state index contributed by atoms with van der Waals surface area (Å²) < 4.78 is 5.22. The summed E-state index contributed by atoms with van der Waals surface area (Å²) in [6, 6.07) is 5.03. The van der Waals surface area contributed by atoms with Crippen LogP contribution in [0.4, 0.5) is 5.69 Å². The van der Waals surface area contributed by atoms with E-state index < -0.39 is 0 Å². The van der Waals surface area contributed by atoms with Crippen LogP contribution in [0.25, 0.3) is 11.0 Å². The van der Waals surface area contributed by atoms with E-state index in [1.54, 1.807) is 11.0 Å². The number of rotatable bonds is 4. The highest BCUT2D eigenvalue weighted by Crippen LogP contribution is 2.25. The highest BCUT2D eigenvalue weighted by atomic mass is 16.4. The maximum Gasteiger partial charge on any atom is 0.336 e. The molecule has 0 spiro atoms. The van der Waals surface area contributed by atoms with Crippen molar-refractivity contribution in [2.24, 2.45) is 0 Å². The number of carbonyl (C=O) groups excluding carboxylic acids is 2. The van der Waals surface area contributed by atoms with Gasteiger partial charge in [0.1, 0.15) is 5.58 Å². The molecule has 0 unspecified atom stereocenters. The van der Waals surface area contributed by atoms with Crippen molar-refractivity contribution in [2.75, 3.05) is 18.4 Å². The first-order chi connectivity index (χ1) is 12.4. The van der Waals surface area contributed by atoms with Crippen LogP contribution in [0.3, 0.4) is 0 Å². The third-order valence-electron chi connectivity index (χ3n) is 4.85. The number of hydrogen-bond acceptors (Lipinski definition) is 4. The Labute approximate surface area is 152 Å². The smallest absolute Gasteiger partial charge is 0.336 e. The first-order valence-corrected chi connectivity index (χ1v) is 9.07. The largest absolute Gasteiger partial charge is 0.423 e. The van der Waals surface area contributed by atoms with E-state index in [1.807, 2.05) is 19.9 Å². The molecule has 6 heteroatoms. The minimum Gasteiger partial charge on any atom is -0.423 e. The van der Waals surface area contributed by atoms with Gasteiger partial charge < -0.3 is 14.6 Å². The predicted molar refractivity (Wildman–Crippen MR) is 100 cm³/mol. The fraction of sp³-hybridized carbons (Fsp3) is 0.450. The summed E-state index contributed by atoms with van der Waals surface area (Å²) in [6.45, 7) is 4.88. The molecule has 3 rings (SSSR count). The maximum atomic E-state index is 12.4. The number of nitrogens with zero attached hydrogens (tertiary/aromatic N) is 1. The first-order valence-electron chi connectivity index (χ1n) is 9.07. The summed E-state index contributed by atoms with van der Waals surface area (Å²) in [5, 5.41) is 3.72. The second-order valence-electron chi connectivity index (χ2n) is 6.90. The molecule has 0 atom stereocenters. The van der Waals surface area contributed by atoms with Gasteiger partial charge in [-0.05, 0) is 49.9 Å². The number of likely N-dealkylation sites (tertiary alicyclic amines) is 1. The summed E-state index contributed by atoms with van der Waals surface area (Å²) in [5.41, 5.74) is 2.46. The van der Waals surface area contributed by atoms with Gasteiger partial charge in [-0.3, -0.25) is 9.59 Å². The number of nitrogens with one attached hydrogen (secondary N) is 1. The molecular formula is C20H24N2O4. The van der Waals surface area contributed by atoms with Crippen molar-refractivity contribution in [1.29, 1.82) is 0 Å². The molecule has 1 aliphatic rings. The van der Waals surface area contributed by atoms with E-state index in [1.165, 1.54) is 6.07 Å². The summed E-state index contributed by atoms with van der Waals surface area (Å²) >= 11 is 0. The zero-order valence-corrected chi connectivity index (χ0v) is 15.3. The molecule has 2 aromatic rings. The minimum absolute atomic E-state index is 0.125. The first kappa shape index (κ1) is 18.2. The lowest BCUT2D eigenvalue weighted by Crippen LogP contribution is -2.33. The fourth-order valence-corrected chi connectivity index (χ4v) is 3.33. The molecular weight excluding hydrogens is 332 g/mol.